The maximum absolute atomic E-state index is 10.1. The fraction of sp³-hybridized carbons (Fsp3) is 0. The Balaban J connectivity index is 2.60. The van der Waals surface area contributed by atoms with Crippen molar-refractivity contribution < 1.29 is 15.3 Å². The molecule has 3 aromatic rings. The molecule has 0 saturated carbocycles. The first kappa shape index (κ1) is 9.78. The summed E-state index contributed by atoms with van der Waals surface area (Å²) in [5.74, 6) is -0.527. The van der Waals surface area contributed by atoms with E-state index in [0.717, 1.165) is 5.39 Å². The van der Waals surface area contributed by atoms with Crippen molar-refractivity contribution in [3.63, 3.8) is 0 Å². The summed E-state index contributed by atoms with van der Waals surface area (Å²) in [4.78, 5) is 0. The molecule has 17 heavy (non-hydrogen) atoms. The molecule has 3 heteroatoms. The second-order valence-corrected chi connectivity index (χ2v) is 3.98. The van der Waals surface area contributed by atoms with Gasteiger partial charge in [-0.05, 0) is 22.9 Å². The topological polar surface area (TPSA) is 60.7 Å². The van der Waals surface area contributed by atoms with Gasteiger partial charge in [-0.1, -0.05) is 30.3 Å². The zero-order valence-corrected chi connectivity index (χ0v) is 8.88. The number of hydrogen-bond donors (Lipinski definition) is 3. The van der Waals surface area contributed by atoms with Crippen molar-refractivity contribution in [2.75, 3.05) is 0 Å². The van der Waals surface area contributed by atoms with Crippen molar-refractivity contribution in [2.45, 2.75) is 0 Å². The van der Waals surface area contributed by atoms with Crippen molar-refractivity contribution in [1.29, 1.82) is 0 Å². The number of rotatable bonds is 0. The lowest BCUT2D eigenvalue weighted by Gasteiger charge is -2.08. The van der Waals surface area contributed by atoms with Crippen LogP contribution in [0.25, 0.3) is 21.5 Å². The molecule has 0 aliphatic carbocycles. The van der Waals surface area contributed by atoms with E-state index in [0.29, 0.717) is 10.8 Å². The number of benzene rings is 3. The molecule has 3 nitrogen and oxygen atoms in total. The molecule has 0 bridgehead atoms. The quantitative estimate of drug-likeness (QED) is 0.407. The summed E-state index contributed by atoms with van der Waals surface area (Å²) in [6.45, 7) is 0. The van der Waals surface area contributed by atoms with Gasteiger partial charge in [0.2, 0.25) is 0 Å². The Hall–Kier alpha value is -2.42. The van der Waals surface area contributed by atoms with Gasteiger partial charge in [-0.2, -0.15) is 0 Å². The van der Waals surface area contributed by atoms with Crippen LogP contribution < -0.4 is 0 Å². The van der Waals surface area contributed by atoms with Crippen LogP contribution in [0.2, 0.25) is 0 Å². The second kappa shape index (κ2) is 3.28. The maximum atomic E-state index is 10.1. The monoisotopic (exact) mass is 226 g/mol. The van der Waals surface area contributed by atoms with Gasteiger partial charge in [-0.3, -0.25) is 0 Å². The smallest absolute Gasteiger partial charge is 0.169 e. The van der Waals surface area contributed by atoms with Gasteiger partial charge in [0.15, 0.2) is 11.5 Å². The van der Waals surface area contributed by atoms with Gasteiger partial charge < -0.3 is 15.3 Å². The maximum Gasteiger partial charge on any atom is 0.169 e. The van der Waals surface area contributed by atoms with Gasteiger partial charge in [0, 0.05) is 5.39 Å². The minimum absolute atomic E-state index is 0.00787. The third kappa shape index (κ3) is 1.29. The molecular formula is C14H10O3. The van der Waals surface area contributed by atoms with Crippen LogP contribution in [0.3, 0.4) is 0 Å². The molecule has 0 heterocycles. The van der Waals surface area contributed by atoms with Crippen molar-refractivity contribution in [3.8, 4) is 17.2 Å². The van der Waals surface area contributed by atoms with Crippen LogP contribution in [0.15, 0.2) is 42.5 Å². The molecule has 0 aliphatic heterocycles. The molecule has 0 radical (unpaired) electrons. The standard InChI is InChI=1S/C14H10O3/c15-11-6-5-9-7-8-3-1-2-4-10(8)13(16)12(9)14(11)17/h1-7,15-17H. The van der Waals surface area contributed by atoms with Crippen molar-refractivity contribution in [2.24, 2.45) is 0 Å². The minimum atomic E-state index is -0.286. The van der Waals surface area contributed by atoms with Gasteiger partial charge in [0.05, 0.1) is 5.39 Å². The van der Waals surface area contributed by atoms with Crippen LogP contribution >= 0.6 is 0 Å². The van der Waals surface area contributed by atoms with E-state index in [4.69, 9.17) is 0 Å². The summed E-state index contributed by atoms with van der Waals surface area (Å²) in [6.07, 6.45) is 0. The van der Waals surface area contributed by atoms with Gasteiger partial charge in [-0.25, -0.2) is 0 Å². The molecule has 84 valence electrons. The Morgan fingerprint density at radius 3 is 2.29 bits per heavy atom. The van der Waals surface area contributed by atoms with Gasteiger partial charge in [-0.15, -0.1) is 0 Å². The first-order chi connectivity index (χ1) is 8.18. The average molecular weight is 226 g/mol. The third-order valence-electron chi connectivity index (χ3n) is 2.95. The summed E-state index contributed by atoms with van der Waals surface area (Å²) in [5.41, 5.74) is 0. The molecule has 0 aromatic heterocycles. The molecule has 0 spiro atoms. The number of phenolic OH excluding ortho intramolecular Hbond substituents is 3. The molecule has 3 rings (SSSR count). The lowest BCUT2D eigenvalue weighted by atomic mass is 10.0. The van der Waals surface area contributed by atoms with E-state index in [9.17, 15) is 15.3 Å². The van der Waals surface area contributed by atoms with E-state index in [1.54, 1.807) is 12.1 Å². The number of fused-ring (bicyclic) bond motifs is 2. The highest BCUT2D eigenvalue weighted by molar-refractivity contribution is 6.08. The van der Waals surface area contributed by atoms with Gasteiger partial charge >= 0.3 is 0 Å². The Labute approximate surface area is 97.2 Å². The highest BCUT2D eigenvalue weighted by Crippen LogP contribution is 2.42. The lowest BCUT2D eigenvalue weighted by molar-refractivity contribution is 0.406. The van der Waals surface area contributed by atoms with Crippen LogP contribution in [0, 0.1) is 0 Å². The van der Waals surface area contributed by atoms with Crippen molar-refractivity contribution >= 4 is 21.5 Å². The van der Waals surface area contributed by atoms with Crippen LogP contribution in [0.4, 0.5) is 0 Å². The first-order valence-electron chi connectivity index (χ1n) is 5.24. The highest BCUT2D eigenvalue weighted by atomic mass is 16.3. The predicted octanol–water partition coefficient (Wildman–Crippen LogP) is 3.11. The largest absolute Gasteiger partial charge is 0.507 e. The molecule has 0 unspecified atom stereocenters. The summed E-state index contributed by atoms with van der Waals surface area (Å²) >= 11 is 0. The summed E-state index contributed by atoms with van der Waals surface area (Å²) in [5, 5.41) is 31.9. The van der Waals surface area contributed by atoms with E-state index in [-0.39, 0.29) is 22.6 Å². The number of aromatic hydroxyl groups is 3. The Bertz CT molecular complexity index is 732. The minimum Gasteiger partial charge on any atom is -0.507 e. The van der Waals surface area contributed by atoms with Crippen molar-refractivity contribution in [3.05, 3.63) is 42.5 Å². The molecule has 0 fully saturated rings. The van der Waals surface area contributed by atoms with Crippen LogP contribution in [0.5, 0.6) is 17.2 Å². The molecular weight excluding hydrogens is 216 g/mol. The highest BCUT2D eigenvalue weighted by Gasteiger charge is 2.12. The zero-order valence-electron chi connectivity index (χ0n) is 8.88. The van der Waals surface area contributed by atoms with E-state index in [2.05, 4.69) is 0 Å². The average Bonchev–Trinajstić information content (AvgIpc) is 2.34. The SMILES string of the molecule is Oc1ccc2cc3ccccc3c(O)c2c1O. The fourth-order valence-electron chi connectivity index (χ4n) is 2.11. The van der Waals surface area contributed by atoms with Crippen molar-refractivity contribution in [1.82, 2.24) is 0 Å². The zero-order chi connectivity index (χ0) is 12.0. The Kier molecular flexibility index (Phi) is 1.89. The summed E-state index contributed by atoms with van der Waals surface area (Å²) in [7, 11) is 0. The summed E-state index contributed by atoms with van der Waals surface area (Å²) in [6, 6.07) is 12.3. The molecule has 0 aliphatic rings. The molecule has 0 saturated heterocycles. The predicted molar refractivity (Wildman–Crippen MR) is 66.4 cm³/mol. The molecule has 0 atom stereocenters. The summed E-state index contributed by atoms with van der Waals surface area (Å²) < 4.78 is 0. The Morgan fingerprint density at radius 2 is 1.47 bits per heavy atom. The van der Waals surface area contributed by atoms with Gasteiger partial charge in [0.1, 0.15) is 5.75 Å². The van der Waals surface area contributed by atoms with Crippen LogP contribution in [-0.2, 0) is 0 Å². The number of hydrogen-bond acceptors (Lipinski definition) is 3. The van der Waals surface area contributed by atoms with E-state index >= 15 is 0 Å². The molecule has 3 aromatic carbocycles. The number of phenols is 3. The Morgan fingerprint density at radius 1 is 0.706 bits per heavy atom. The van der Waals surface area contributed by atoms with E-state index in [1.807, 2.05) is 24.3 Å². The molecule has 0 amide bonds. The van der Waals surface area contributed by atoms with Crippen LogP contribution in [-0.4, -0.2) is 15.3 Å². The van der Waals surface area contributed by atoms with Gasteiger partial charge in [0.25, 0.3) is 0 Å². The third-order valence-corrected chi connectivity index (χ3v) is 2.95. The normalized spacial score (nSPS) is 11.1. The van der Waals surface area contributed by atoms with E-state index < -0.39 is 0 Å². The van der Waals surface area contributed by atoms with E-state index in [1.165, 1.54) is 6.07 Å². The first-order valence-corrected chi connectivity index (χ1v) is 5.24. The van der Waals surface area contributed by atoms with Crippen LogP contribution in [0.1, 0.15) is 0 Å². The molecule has 3 N–H and O–H groups in total. The fourth-order valence-corrected chi connectivity index (χ4v) is 2.11. The lowest BCUT2D eigenvalue weighted by Crippen LogP contribution is -1.80. The second-order valence-electron chi connectivity index (χ2n) is 3.98.